The molecule has 8 heteroatoms. The van der Waals surface area contributed by atoms with Gasteiger partial charge in [0.05, 0.1) is 18.4 Å². The van der Waals surface area contributed by atoms with Crippen LogP contribution >= 0.6 is 0 Å². The van der Waals surface area contributed by atoms with E-state index in [9.17, 15) is 14.0 Å². The first-order valence-corrected chi connectivity index (χ1v) is 9.48. The Kier molecular flexibility index (Phi) is 5.18. The van der Waals surface area contributed by atoms with E-state index in [1.165, 1.54) is 18.3 Å². The van der Waals surface area contributed by atoms with Gasteiger partial charge in [-0.3, -0.25) is 14.6 Å². The maximum Gasteiger partial charge on any atom is 0.274 e. The van der Waals surface area contributed by atoms with Crippen LogP contribution in [0.5, 0.6) is 0 Å². The van der Waals surface area contributed by atoms with Crippen LogP contribution in [0.1, 0.15) is 35.3 Å². The van der Waals surface area contributed by atoms with Crippen molar-refractivity contribution < 1.29 is 14.0 Å². The SMILES string of the molecule is O=C1C[C@@H](Nc2cncc(C(=O)N3CCCC3)n2)CN1Cc1ccc(F)cc1. The van der Waals surface area contributed by atoms with Crippen molar-refractivity contribution in [3.63, 3.8) is 0 Å². The molecule has 1 atom stereocenters. The highest BCUT2D eigenvalue weighted by atomic mass is 19.1. The quantitative estimate of drug-likeness (QED) is 0.855. The van der Waals surface area contributed by atoms with Crippen molar-refractivity contribution in [2.75, 3.05) is 25.0 Å². The Morgan fingerprint density at radius 1 is 1.18 bits per heavy atom. The lowest BCUT2D eigenvalue weighted by Gasteiger charge is -2.18. The van der Waals surface area contributed by atoms with Crippen molar-refractivity contribution in [3.8, 4) is 0 Å². The Labute approximate surface area is 162 Å². The molecule has 4 rings (SSSR count). The minimum atomic E-state index is -0.294. The van der Waals surface area contributed by atoms with E-state index in [0.717, 1.165) is 31.5 Å². The molecular weight excluding hydrogens is 361 g/mol. The second-order valence-electron chi connectivity index (χ2n) is 7.23. The molecule has 2 aliphatic rings. The van der Waals surface area contributed by atoms with Crippen molar-refractivity contribution >= 4 is 17.6 Å². The fourth-order valence-corrected chi connectivity index (χ4v) is 3.66. The maximum atomic E-state index is 13.0. The first-order chi connectivity index (χ1) is 13.6. The van der Waals surface area contributed by atoms with E-state index in [1.54, 1.807) is 28.1 Å². The largest absolute Gasteiger partial charge is 0.364 e. The number of likely N-dealkylation sites (tertiary alicyclic amines) is 2. The molecule has 0 radical (unpaired) electrons. The summed E-state index contributed by atoms with van der Waals surface area (Å²) in [6.45, 7) is 2.47. The third kappa shape index (κ3) is 4.11. The molecule has 7 nitrogen and oxygen atoms in total. The van der Waals surface area contributed by atoms with Gasteiger partial charge in [-0.1, -0.05) is 12.1 Å². The van der Waals surface area contributed by atoms with Crippen LogP contribution in [0.4, 0.5) is 10.2 Å². The van der Waals surface area contributed by atoms with Crippen LogP contribution in [-0.4, -0.2) is 57.3 Å². The predicted molar refractivity (Wildman–Crippen MR) is 101 cm³/mol. The van der Waals surface area contributed by atoms with Crippen molar-refractivity contribution in [1.29, 1.82) is 0 Å². The van der Waals surface area contributed by atoms with Crippen molar-refractivity contribution in [3.05, 3.63) is 53.7 Å². The monoisotopic (exact) mass is 383 g/mol. The van der Waals surface area contributed by atoms with Gasteiger partial charge in [0.1, 0.15) is 17.3 Å². The molecule has 3 heterocycles. The van der Waals surface area contributed by atoms with Crippen LogP contribution in [0.2, 0.25) is 0 Å². The lowest BCUT2D eigenvalue weighted by atomic mass is 10.2. The Morgan fingerprint density at radius 2 is 1.93 bits per heavy atom. The van der Waals surface area contributed by atoms with Crippen LogP contribution in [0.15, 0.2) is 36.7 Å². The van der Waals surface area contributed by atoms with Crippen molar-refractivity contribution in [2.45, 2.75) is 31.8 Å². The van der Waals surface area contributed by atoms with Gasteiger partial charge < -0.3 is 15.1 Å². The second kappa shape index (κ2) is 7.92. The number of amides is 2. The minimum absolute atomic E-state index is 0.0269. The van der Waals surface area contributed by atoms with Crippen molar-refractivity contribution in [2.24, 2.45) is 0 Å². The molecular formula is C20H22FN5O2. The highest BCUT2D eigenvalue weighted by Gasteiger charge is 2.30. The number of hydrogen-bond donors (Lipinski definition) is 1. The summed E-state index contributed by atoms with van der Waals surface area (Å²) in [4.78, 5) is 36.8. The van der Waals surface area contributed by atoms with E-state index in [-0.39, 0.29) is 23.7 Å². The number of aromatic nitrogens is 2. The Hall–Kier alpha value is -3.03. The molecule has 0 unspecified atom stereocenters. The van der Waals surface area contributed by atoms with Gasteiger partial charge in [0.25, 0.3) is 5.91 Å². The summed E-state index contributed by atoms with van der Waals surface area (Å²) in [5, 5.41) is 3.22. The molecule has 0 aliphatic carbocycles. The highest BCUT2D eigenvalue weighted by molar-refractivity contribution is 5.92. The number of nitrogens with zero attached hydrogens (tertiary/aromatic N) is 4. The van der Waals surface area contributed by atoms with E-state index < -0.39 is 0 Å². The molecule has 2 fully saturated rings. The van der Waals surface area contributed by atoms with E-state index in [1.807, 2.05) is 0 Å². The number of carbonyl (C=O) groups is 2. The van der Waals surface area contributed by atoms with Gasteiger partial charge in [0, 0.05) is 32.6 Å². The molecule has 146 valence electrons. The smallest absolute Gasteiger partial charge is 0.274 e. The maximum absolute atomic E-state index is 13.0. The first kappa shape index (κ1) is 18.3. The highest BCUT2D eigenvalue weighted by Crippen LogP contribution is 2.19. The second-order valence-corrected chi connectivity index (χ2v) is 7.23. The summed E-state index contributed by atoms with van der Waals surface area (Å²) in [6.07, 6.45) is 5.42. The molecule has 2 aromatic rings. The summed E-state index contributed by atoms with van der Waals surface area (Å²) in [7, 11) is 0. The van der Waals surface area contributed by atoms with E-state index >= 15 is 0 Å². The van der Waals surface area contributed by atoms with Gasteiger partial charge in [0.2, 0.25) is 5.91 Å². The summed E-state index contributed by atoms with van der Waals surface area (Å²) in [6, 6.07) is 6.04. The predicted octanol–water partition coefficient (Wildman–Crippen LogP) is 2.06. The Bertz CT molecular complexity index is 867. The molecule has 0 bridgehead atoms. The standard InChI is InChI=1S/C20H22FN5O2/c21-15-5-3-14(4-6-15)12-26-13-16(9-19(26)27)23-18-11-22-10-17(24-18)20(28)25-7-1-2-8-25/h3-6,10-11,16H,1-2,7-9,12-13H2,(H,23,24)/t16-/m1/s1. The van der Waals surface area contributed by atoms with Crippen LogP contribution in [0, 0.1) is 5.82 Å². The number of carbonyl (C=O) groups excluding carboxylic acids is 2. The van der Waals surface area contributed by atoms with E-state index in [2.05, 4.69) is 15.3 Å². The molecule has 28 heavy (non-hydrogen) atoms. The number of benzene rings is 1. The number of hydrogen-bond acceptors (Lipinski definition) is 5. The normalized spacial score (nSPS) is 19.3. The molecule has 1 N–H and O–H groups in total. The zero-order chi connectivity index (χ0) is 19.5. The molecule has 2 amide bonds. The van der Waals surface area contributed by atoms with Crippen LogP contribution in [0.3, 0.4) is 0 Å². The number of nitrogens with one attached hydrogen (secondary N) is 1. The average Bonchev–Trinajstić information content (AvgIpc) is 3.34. The molecule has 2 saturated heterocycles. The number of anilines is 1. The fraction of sp³-hybridized carbons (Fsp3) is 0.400. The number of halogens is 1. The average molecular weight is 383 g/mol. The van der Waals surface area contributed by atoms with E-state index in [0.29, 0.717) is 31.0 Å². The number of rotatable bonds is 5. The third-order valence-corrected chi connectivity index (χ3v) is 5.10. The molecule has 1 aromatic carbocycles. The molecule has 0 saturated carbocycles. The van der Waals surface area contributed by atoms with Gasteiger partial charge in [0.15, 0.2) is 0 Å². The minimum Gasteiger partial charge on any atom is -0.364 e. The topological polar surface area (TPSA) is 78.4 Å². The molecule has 1 aromatic heterocycles. The van der Waals surface area contributed by atoms with Gasteiger partial charge in [-0.2, -0.15) is 0 Å². The van der Waals surface area contributed by atoms with Gasteiger partial charge in [-0.05, 0) is 30.5 Å². The van der Waals surface area contributed by atoms with Crippen molar-refractivity contribution in [1.82, 2.24) is 19.8 Å². The Balaban J connectivity index is 1.38. The summed E-state index contributed by atoms with van der Waals surface area (Å²) < 4.78 is 13.0. The lowest BCUT2D eigenvalue weighted by molar-refractivity contribution is -0.128. The van der Waals surface area contributed by atoms with Crippen LogP contribution in [0.25, 0.3) is 0 Å². The van der Waals surface area contributed by atoms with E-state index in [4.69, 9.17) is 0 Å². The molecule has 0 spiro atoms. The summed E-state index contributed by atoms with van der Waals surface area (Å²) >= 11 is 0. The van der Waals surface area contributed by atoms with Crippen LogP contribution < -0.4 is 5.32 Å². The van der Waals surface area contributed by atoms with Crippen LogP contribution in [-0.2, 0) is 11.3 Å². The Morgan fingerprint density at radius 3 is 2.68 bits per heavy atom. The first-order valence-electron chi connectivity index (χ1n) is 9.48. The summed E-state index contributed by atoms with van der Waals surface area (Å²) in [5.41, 5.74) is 1.20. The fourth-order valence-electron chi connectivity index (χ4n) is 3.66. The molecule has 2 aliphatic heterocycles. The zero-order valence-electron chi connectivity index (χ0n) is 15.5. The lowest BCUT2D eigenvalue weighted by Crippen LogP contribution is -2.30. The summed E-state index contributed by atoms with van der Waals surface area (Å²) in [5.74, 6) is 0.123. The van der Waals surface area contributed by atoms with Gasteiger partial charge in [-0.15, -0.1) is 0 Å². The van der Waals surface area contributed by atoms with Gasteiger partial charge in [-0.25, -0.2) is 9.37 Å². The van der Waals surface area contributed by atoms with Gasteiger partial charge >= 0.3 is 0 Å². The zero-order valence-corrected chi connectivity index (χ0v) is 15.5. The third-order valence-electron chi connectivity index (χ3n) is 5.10.